The number of nitrogens with zero attached hydrogens (tertiary/aromatic N) is 1. The number of benzene rings is 1. The van der Waals surface area contributed by atoms with E-state index in [9.17, 15) is 9.18 Å². The molecule has 1 aromatic carbocycles. The molecule has 0 aliphatic carbocycles. The normalized spacial score (nSPS) is 23.1. The minimum absolute atomic E-state index is 0.0542. The SMILES string of the molecule is CC[C@@H]1S[C@@H](c2ccccc2F)N(CCNC)C1=O. The highest BCUT2D eigenvalue weighted by Gasteiger charge is 2.40. The number of nitrogens with one attached hydrogen (secondary N) is 1. The summed E-state index contributed by atoms with van der Waals surface area (Å²) in [5.74, 6) is -0.116. The molecule has 2 rings (SSSR count). The van der Waals surface area contributed by atoms with Gasteiger partial charge in [0.1, 0.15) is 11.2 Å². The van der Waals surface area contributed by atoms with E-state index in [1.807, 2.05) is 20.0 Å². The van der Waals surface area contributed by atoms with Crippen LogP contribution in [0.3, 0.4) is 0 Å². The second kappa shape index (κ2) is 6.39. The zero-order valence-corrected chi connectivity index (χ0v) is 12.0. The van der Waals surface area contributed by atoms with Crippen LogP contribution in [0.25, 0.3) is 0 Å². The van der Waals surface area contributed by atoms with E-state index >= 15 is 0 Å². The largest absolute Gasteiger partial charge is 0.324 e. The van der Waals surface area contributed by atoms with Gasteiger partial charge in [0, 0.05) is 18.7 Å². The van der Waals surface area contributed by atoms with Gasteiger partial charge in [0.25, 0.3) is 0 Å². The van der Waals surface area contributed by atoms with Crippen molar-refractivity contribution in [3.05, 3.63) is 35.6 Å². The zero-order chi connectivity index (χ0) is 13.8. The lowest BCUT2D eigenvalue weighted by atomic mass is 10.2. The lowest BCUT2D eigenvalue weighted by molar-refractivity contribution is -0.130. The Balaban J connectivity index is 2.26. The Morgan fingerprint density at radius 1 is 1.42 bits per heavy atom. The lowest BCUT2D eigenvalue weighted by Crippen LogP contribution is -2.36. The number of carbonyl (C=O) groups excluding carboxylic acids is 1. The van der Waals surface area contributed by atoms with Crippen LogP contribution in [0.15, 0.2) is 24.3 Å². The first-order valence-corrected chi connectivity index (χ1v) is 7.48. The Hall–Kier alpha value is -1.07. The van der Waals surface area contributed by atoms with Gasteiger partial charge in [0.2, 0.25) is 5.91 Å². The summed E-state index contributed by atoms with van der Waals surface area (Å²) in [7, 11) is 1.85. The highest BCUT2D eigenvalue weighted by atomic mass is 32.2. The Bertz CT molecular complexity index is 455. The third-order valence-electron chi connectivity index (χ3n) is 3.28. The van der Waals surface area contributed by atoms with Crippen molar-refractivity contribution in [1.29, 1.82) is 0 Å². The molecule has 0 unspecified atom stereocenters. The number of halogens is 1. The summed E-state index contributed by atoms with van der Waals surface area (Å²) in [6.45, 7) is 3.32. The van der Waals surface area contributed by atoms with Crippen molar-refractivity contribution in [1.82, 2.24) is 10.2 Å². The summed E-state index contributed by atoms with van der Waals surface area (Å²) in [6.07, 6.45) is 0.782. The van der Waals surface area contributed by atoms with Crippen molar-refractivity contribution in [2.75, 3.05) is 20.1 Å². The fourth-order valence-electron chi connectivity index (χ4n) is 2.23. The Morgan fingerprint density at radius 3 is 2.79 bits per heavy atom. The molecule has 1 amide bonds. The molecule has 1 aromatic rings. The van der Waals surface area contributed by atoms with Gasteiger partial charge in [-0.25, -0.2) is 4.39 Å². The van der Waals surface area contributed by atoms with Crippen LogP contribution < -0.4 is 5.32 Å². The molecule has 1 N–H and O–H groups in total. The monoisotopic (exact) mass is 282 g/mol. The lowest BCUT2D eigenvalue weighted by Gasteiger charge is -2.24. The van der Waals surface area contributed by atoms with Crippen molar-refractivity contribution < 1.29 is 9.18 Å². The third kappa shape index (κ3) is 2.92. The standard InChI is InChI=1S/C14H19FN2OS/c1-3-12-13(18)17(9-8-16-2)14(19-12)10-6-4-5-7-11(10)15/h4-7,12,14,16H,3,8-9H2,1-2H3/t12-,14-/m0/s1. The summed E-state index contributed by atoms with van der Waals surface area (Å²) in [5, 5.41) is 2.78. The van der Waals surface area contributed by atoms with Gasteiger partial charge in [0.15, 0.2) is 0 Å². The molecular weight excluding hydrogens is 263 g/mol. The van der Waals surface area contributed by atoms with Crippen molar-refractivity contribution in [2.45, 2.75) is 24.0 Å². The summed E-state index contributed by atoms with van der Waals surface area (Å²) in [4.78, 5) is 14.1. The van der Waals surface area contributed by atoms with Crippen molar-refractivity contribution in [2.24, 2.45) is 0 Å². The predicted octanol–water partition coefficient (Wildman–Crippen LogP) is 2.40. The molecule has 3 nitrogen and oxygen atoms in total. The first-order chi connectivity index (χ1) is 9.19. The Kier molecular flexibility index (Phi) is 4.82. The molecular formula is C14H19FN2OS. The van der Waals surface area contributed by atoms with Crippen LogP contribution >= 0.6 is 11.8 Å². The second-order valence-corrected chi connectivity index (χ2v) is 5.83. The molecule has 5 heteroatoms. The maximum atomic E-state index is 13.9. The van der Waals surface area contributed by atoms with Crippen LogP contribution in [0.4, 0.5) is 4.39 Å². The first kappa shape index (κ1) is 14.3. The van der Waals surface area contributed by atoms with Crippen molar-refractivity contribution in [3.63, 3.8) is 0 Å². The number of carbonyl (C=O) groups is 1. The van der Waals surface area contributed by atoms with Gasteiger partial charge < -0.3 is 10.2 Å². The van der Waals surface area contributed by atoms with Crippen LogP contribution in [0.1, 0.15) is 24.3 Å². The average molecular weight is 282 g/mol. The van der Waals surface area contributed by atoms with E-state index in [1.165, 1.54) is 6.07 Å². The number of hydrogen-bond acceptors (Lipinski definition) is 3. The van der Waals surface area contributed by atoms with E-state index in [2.05, 4.69) is 5.32 Å². The van der Waals surface area contributed by atoms with Crippen molar-refractivity contribution >= 4 is 17.7 Å². The topological polar surface area (TPSA) is 32.3 Å². The maximum Gasteiger partial charge on any atom is 0.236 e. The van der Waals surface area contributed by atoms with Crippen LogP contribution in [0.5, 0.6) is 0 Å². The fraction of sp³-hybridized carbons (Fsp3) is 0.500. The van der Waals surface area contributed by atoms with Gasteiger partial charge in [0.05, 0.1) is 5.25 Å². The molecule has 0 spiro atoms. The number of hydrogen-bond donors (Lipinski definition) is 1. The van der Waals surface area contributed by atoms with Crippen molar-refractivity contribution in [3.8, 4) is 0 Å². The summed E-state index contributed by atoms with van der Waals surface area (Å²) in [5.41, 5.74) is 0.605. The van der Waals surface area contributed by atoms with Gasteiger partial charge in [-0.15, -0.1) is 11.8 Å². The minimum atomic E-state index is -0.237. The van der Waals surface area contributed by atoms with Crippen LogP contribution in [-0.2, 0) is 4.79 Å². The van der Waals surface area contributed by atoms with Crippen LogP contribution in [-0.4, -0.2) is 36.2 Å². The molecule has 0 saturated carbocycles. The van der Waals surface area contributed by atoms with E-state index < -0.39 is 0 Å². The molecule has 0 radical (unpaired) electrons. The van der Waals surface area contributed by atoms with Gasteiger partial charge in [-0.2, -0.15) is 0 Å². The highest BCUT2D eigenvalue weighted by Crippen LogP contribution is 2.44. The first-order valence-electron chi connectivity index (χ1n) is 6.54. The Labute approximate surface area is 117 Å². The molecule has 104 valence electrons. The van der Waals surface area contributed by atoms with E-state index in [-0.39, 0.29) is 22.3 Å². The third-order valence-corrected chi connectivity index (χ3v) is 4.91. The van der Waals surface area contributed by atoms with E-state index in [0.29, 0.717) is 18.7 Å². The smallest absolute Gasteiger partial charge is 0.236 e. The van der Waals surface area contributed by atoms with Crippen LogP contribution in [0.2, 0.25) is 0 Å². The Morgan fingerprint density at radius 2 is 2.16 bits per heavy atom. The molecule has 1 saturated heterocycles. The van der Waals surface area contributed by atoms with Gasteiger partial charge in [-0.3, -0.25) is 4.79 Å². The van der Waals surface area contributed by atoms with Crippen LogP contribution in [0, 0.1) is 5.82 Å². The summed E-state index contributed by atoms with van der Waals surface area (Å²) in [6, 6.07) is 6.72. The van der Waals surface area contributed by atoms with Gasteiger partial charge in [-0.1, -0.05) is 25.1 Å². The number of thioether (sulfide) groups is 1. The number of amides is 1. The molecule has 2 atom stereocenters. The van der Waals surface area contributed by atoms with E-state index in [0.717, 1.165) is 6.42 Å². The summed E-state index contributed by atoms with van der Waals surface area (Å²) < 4.78 is 13.9. The molecule has 1 heterocycles. The minimum Gasteiger partial charge on any atom is -0.324 e. The molecule has 1 fully saturated rings. The fourth-order valence-corrected chi connectivity index (χ4v) is 3.68. The van der Waals surface area contributed by atoms with E-state index in [4.69, 9.17) is 0 Å². The number of rotatable bonds is 5. The molecule has 0 aromatic heterocycles. The molecule has 1 aliphatic heterocycles. The summed E-state index contributed by atoms with van der Waals surface area (Å²) >= 11 is 1.55. The average Bonchev–Trinajstić information content (AvgIpc) is 2.73. The zero-order valence-electron chi connectivity index (χ0n) is 11.2. The predicted molar refractivity (Wildman–Crippen MR) is 76.5 cm³/mol. The quantitative estimate of drug-likeness (QED) is 0.900. The van der Waals surface area contributed by atoms with Gasteiger partial charge >= 0.3 is 0 Å². The molecule has 19 heavy (non-hydrogen) atoms. The van der Waals surface area contributed by atoms with E-state index in [1.54, 1.807) is 28.8 Å². The molecule has 0 bridgehead atoms. The maximum absolute atomic E-state index is 13.9. The second-order valence-electron chi connectivity index (χ2n) is 4.54. The van der Waals surface area contributed by atoms with Gasteiger partial charge in [-0.05, 0) is 19.5 Å². The number of likely N-dealkylation sites (N-methyl/N-ethyl adjacent to an activating group) is 1. The molecule has 1 aliphatic rings. The highest BCUT2D eigenvalue weighted by molar-refractivity contribution is 8.01.